The fourth-order valence-electron chi connectivity index (χ4n) is 1.84. The molecule has 2 fully saturated rings. The fraction of sp³-hybridized carbons (Fsp3) is 0.750. The second-order valence-electron chi connectivity index (χ2n) is 3.29. The van der Waals surface area contributed by atoms with E-state index < -0.39 is 6.04 Å². The second kappa shape index (κ2) is 3.45. The van der Waals surface area contributed by atoms with Crippen molar-refractivity contribution >= 4 is 12.1 Å². The third-order valence-corrected chi connectivity index (χ3v) is 2.57. The number of amides is 1. The van der Waals surface area contributed by atoms with Crippen molar-refractivity contribution in [1.82, 2.24) is 10.2 Å². The maximum absolute atomic E-state index is 11.3. The van der Waals surface area contributed by atoms with Crippen LogP contribution >= 0.6 is 0 Å². The van der Waals surface area contributed by atoms with Gasteiger partial charge in [0.1, 0.15) is 12.6 Å². The van der Waals surface area contributed by atoms with Crippen LogP contribution in [0.25, 0.3) is 0 Å². The van der Waals surface area contributed by atoms with E-state index in [4.69, 9.17) is 4.74 Å². The van der Waals surface area contributed by atoms with Crippen molar-refractivity contribution in [1.29, 1.82) is 0 Å². The van der Waals surface area contributed by atoms with Crippen molar-refractivity contribution in [2.24, 2.45) is 0 Å². The number of ether oxygens (including phenoxy) is 2. The predicted octanol–water partition coefficient (Wildman–Crippen LogP) is -1.05. The summed E-state index contributed by atoms with van der Waals surface area (Å²) < 4.78 is 9.50. The van der Waals surface area contributed by atoms with Crippen molar-refractivity contribution in [3.05, 3.63) is 0 Å². The first-order valence-electron chi connectivity index (χ1n) is 4.48. The molecule has 6 nitrogen and oxygen atoms in total. The van der Waals surface area contributed by atoms with Crippen LogP contribution in [0, 0.1) is 0 Å². The molecule has 0 aromatic carbocycles. The van der Waals surface area contributed by atoms with Gasteiger partial charge in [-0.05, 0) is 0 Å². The minimum Gasteiger partial charge on any atom is -0.468 e. The smallest absolute Gasteiger partial charge is 0.410 e. The highest BCUT2D eigenvalue weighted by Gasteiger charge is 2.44. The molecule has 0 aromatic rings. The molecule has 0 saturated carbocycles. The van der Waals surface area contributed by atoms with Gasteiger partial charge in [0, 0.05) is 13.1 Å². The van der Waals surface area contributed by atoms with E-state index >= 15 is 0 Å². The van der Waals surface area contributed by atoms with E-state index in [9.17, 15) is 9.59 Å². The summed E-state index contributed by atoms with van der Waals surface area (Å²) in [5.74, 6) is -0.349. The molecule has 2 unspecified atom stereocenters. The van der Waals surface area contributed by atoms with E-state index in [1.807, 2.05) is 0 Å². The number of methoxy groups -OCH3 is 1. The number of hydrogen-bond donors (Lipinski definition) is 1. The largest absolute Gasteiger partial charge is 0.468 e. The maximum atomic E-state index is 11.3. The number of esters is 1. The number of carbonyl (C=O) groups excluding carboxylic acids is 2. The summed E-state index contributed by atoms with van der Waals surface area (Å²) in [5.41, 5.74) is 0. The highest BCUT2D eigenvalue weighted by atomic mass is 16.6. The topological polar surface area (TPSA) is 67.9 Å². The number of cyclic esters (lactones) is 1. The van der Waals surface area contributed by atoms with Crippen LogP contribution in [0.2, 0.25) is 0 Å². The summed E-state index contributed by atoms with van der Waals surface area (Å²) in [5, 5.41) is 3.01. The molecular weight excluding hydrogens is 188 g/mol. The van der Waals surface area contributed by atoms with Crippen LogP contribution in [0.5, 0.6) is 0 Å². The van der Waals surface area contributed by atoms with Gasteiger partial charge in [0.05, 0.1) is 13.2 Å². The van der Waals surface area contributed by atoms with E-state index in [0.29, 0.717) is 13.1 Å². The first-order chi connectivity index (χ1) is 6.74. The lowest BCUT2D eigenvalue weighted by atomic mass is 10.1. The van der Waals surface area contributed by atoms with Crippen LogP contribution in [-0.4, -0.2) is 55.9 Å². The number of nitrogens with one attached hydrogen (secondary N) is 1. The predicted molar refractivity (Wildman–Crippen MR) is 45.6 cm³/mol. The molecule has 0 spiro atoms. The third kappa shape index (κ3) is 1.31. The molecule has 0 aliphatic carbocycles. The third-order valence-electron chi connectivity index (χ3n) is 2.57. The van der Waals surface area contributed by atoms with Gasteiger partial charge < -0.3 is 14.8 Å². The van der Waals surface area contributed by atoms with Crippen molar-refractivity contribution < 1.29 is 19.1 Å². The van der Waals surface area contributed by atoms with Crippen molar-refractivity contribution in [2.45, 2.75) is 12.1 Å². The number of piperazine rings is 1. The van der Waals surface area contributed by atoms with E-state index in [-0.39, 0.29) is 24.7 Å². The van der Waals surface area contributed by atoms with Crippen molar-refractivity contribution in [3.8, 4) is 0 Å². The average molecular weight is 200 g/mol. The minimum absolute atomic E-state index is 0.219. The van der Waals surface area contributed by atoms with Gasteiger partial charge in [-0.2, -0.15) is 0 Å². The lowest BCUT2D eigenvalue weighted by molar-refractivity contribution is -0.145. The standard InChI is InChI=1S/C8H12N2O4/c1-13-7(11)6-5-4-14-8(12)10(5)3-2-9-6/h5-6,9H,2-4H2,1H3. The zero-order valence-electron chi connectivity index (χ0n) is 7.86. The van der Waals surface area contributed by atoms with Crippen LogP contribution in [-0.2, 0) is 14.3 Å². The SMILES string of the molecule is COC(=O)C1NCCN2C(=O)OCC12. The average Bonchev–Trinajstić information content (AvgIpc) is 2.59. The molecule has 78 valence electrons. The summed E-state index contributed by atoms with van der Waals surface area (Å²) in [6.45, 7) is 1.42. The molecule has 0 bridgehead atoms. The Hall–Kier alpha value is -1.30. The van der Waals surface area contributed by atoms with Gasteiger partial charge in [-0.15, -0.1) is 0 Å². The zero-order valence-corrected chi connectivity index (χ0v) is 7.86. The van der Waals surface area contributed by atoms with E-state index in [1.54, 1.807) is 4.90 Å². The summed E-state index contributed by atoms with van der Waals surface area (Å²) in [4.78, 5) is 24.1. The molecular formula is C8H12N2O4. The molecule has 2 heterocycles. The lowest BCUT2D eigenvalue weighted by Gasteiger charge is -2.33. The Bertz CT molecular complexity index is 268. The molecule has 14 heavy (non-hydrogen) atoms. The highest BCUT2D eigenvalue weighted by molar-refractivity contribution is 5.79. The quantitative estimate of drug-likeness (QED) is 0.547. The zero-order chi connectivity index (χ0) is 10.1. The molecule has 6 heteroatoms. The first-order valence-corrected chi connectivity index (χ1v) is 4.48. The van der Waals surface area contributed by atoms with Crippen molar-refractivity contribution in [3.63, 3.8) is 0 Å². The molecule has 2 saturated heterocycles. The molecule has 2 atom stereocenters. The van der Waals surface area contributed by atoms with Crippen LogP contribution in [0.3, 0.4) is 0 Å². The Balaban J connectivity index is 2.12. The fourth-order valence-corrected chi connectivity index (χ4v) is 1.84. The van der Waals surface area contributed by atoms with Gasteiger partial charge in [-0.1, -0.05) is 0 Å². The van der Waals surface area contributed by atoms with Gasteiger partial charge in [-0.3, -0.25) is 9.69 Å². The van der Waals surface area contributed by atoms with E-state index in [0.717, 1.165) is 0 Å². The normalized spacial score (nSPS) is 30.9. The number of fused-ring (bicyclic) bond motifs is 1. The second-order valence-corrected chi connectivity index (χ2v) is 3.29. The van der Waals surface area contributed by atoms with Gasteiger partial charge >= 0.3 is 12.1 Å². The van der Waals surface area contributed by atoms with Crippen LogP contribution < -0.4 is 5.32 Å². The Morgan fingerprint density at radius 3 is 3.21 bits per heavy atom. The minimum atomic E-state index is -0.458. The molecule has 0 radical (unpaired) electrons. The summed E-state index contributed by atoms with van der Waals surface area (Å²) >= 11 is 0. The highest BCUT2D eigenvalue weighted by Crippen LogP contribution is 2.18. The molecule has 2 aliphatic rings. The van der Waals surface area contributed by atoms with E-state index in [2.05, 4.69) is 10.1 Å². The number of nitrogens with zero attached hydrogens (tertiary/aromatic N) is 1. The van der Waals surface area contributed by atoms with E-state index in [1.165, 1.54) is 7.11 Å². The summed E-state index contributed by atoms with van der Waals surface area (Å²) in [6.07, 6.45) is -0.342. The van der Waals surface area contributed by atoms with Crippen LogP contribution in [0.15, 0.2) is 0 Å². The molecule has 1 amide bonds. The number of hydrogen-bond acceptors (Lipinski definition) is 5. The van der Waals surface area contributed by atoms with Crippen LogP contribution in [0.1, 0.15) is 0 Å². The van der Waals surface area contributed by atoms with Crippen LogP contribution in [0.4, 0.5) is 4.79 Å². The number of carbonyl (C=O) groups is 2. The van der Waals surface area contributed by atoms with Gasteiger partial charge in [0.2, 0.25) is 0 Å². The Morgan fingerprint density at radius 1 is 1.71 bits per heavy atom. The van der Waals surface area contributed by atoms with Gasteiger partial charge in [0.25, 0.3) is 0 Å². The number of rotatable bonds is 1. The Labute approximate surface area is 81.1 Å². The Kier molecular flexibility index (Phi) is 2.28. The summed E-state index contributed by atoms with van der Waals surface area (Å²) in [7, 11) is 1.33. The van der Waals surface area contributed by atoms with Gasteiger partial charge in [0.15, 0.2) is 0 Å². The summed E-state index contributed by atoms with van der Waals surface area (Å²) in [6, 6.07) is -0.677. The Morgan fingerprint density at radius 2 is 2.50 bits per heavy atom. The maximum Gasteiger partial charge on any atom is 0.410 e. The molecule has 2 aliphatic heterocycles. The molecule has 2 rings (SSSR count). The molecule has 0 aromatic heterocycles. The monoisotopic (exact) mass is 200 g/mol. The first kappa shape index (κ1) is 9.26. The lowest BCUT2D eigenvalue weighted by Crippen LogP contribution is -2.60. The van der Waals surface area contributed by atoms with Crippen molar-refractivity contribution in [2.75, 3.05) is 26.8 Å². The molecule has 1 N–H and O–H groups in total. The van der Waals surface area contributed by atoms with Gasteiger partial charge in [-0.25, -0.2) is 4.79 Å².